The van der Waals surface area contributed by atoms with Gasteiger partial charge in [0.15, 0.2) is 11.5 Å². The molecule has 2 aromatic rings. The van der Waals surface area contributed by atoms with Crippen LogP contribution in [-0.4, -0.2) is 52.5 Å². The molecule has 1 unspecified atom stereocenters. The second-order valence-corrected chi connectivity index (χ2v) is 9.98. The fraction of sp³-hybridized carbons (Fsp3) is 0.435. The van der Waals surface area contributed by atoms with Gasteiger partial charge < -0.3 is 19.5 Å². The minimum atomic E-state index is -3.87. The number of hydrogen-bond acceptors (Lipinski definition) is 6. The van der Waals surface area contributed by atoms with E-state index in [1.54, 1.807) is 45.4 Å². The van der Waals surface area contributed by atoms with E-state index in [0.29, 0.717) is 49.1 Å². The van der Waals surface area contributed by atoms with Crippen molar-refractivity contribution in [3.05, 3.63) is 47.0 Å². The van der Waals surface area contributed by atoms with Gasteiger partial charge in [-0.2, -0.15) is 4.31 Å². The second-order valence-electron chi connectivity index (χ2n) is 7.63. The molecule has 1 atom stereocenters. The fourth-order valence-electron chi connectivity index (χ4n) is 3.80. The average Bonchev–Trinajstić information content (AvgIpc) is 2.83. The second kappa shape index (κ2) is 11.1. The molecule has 0 aromatic heterocycles. The van der Waals surface area contributed by atoms with Crippen LogP contribution in [0, 0.1) is 5.92 Å². The first-order valence-corrected chi connectivity index (χ1v) is 12.5. The van der Waals surface area contributed by atoms with Crippen LogP contribution < -0.4 is 19.5 Å². The minimum Gasteiger partial charge on any atom is -0.493 e. The molecule has 0 aliphatic carbocycles. The molecule has 2 aromatic carbocycles. The van der Waals surface area contributed by atoms with Gasteiger partial charge in [-0.05, 0) is 55.7 Å². The molecular weight excluding hydrogens is 468 g/mol. The molecule has 1 heterocycles. The number of benzene rings is 2. The van der Waals surface area contributed by atoms with E-state index in [2.05, 4.69) is 5.32 Å². The molecule has 3 rings (SSSR count). The maximum Gasteiger partial charge on any atom is 0.246 e. The molecular formula is C23H29ClN2O6S. The number of methoxy groups -OCH3 is 2. The Hall–Kier alpha value is -2.49. The van der Waals surface area contributed by atoms with Crippen molar-refractivity contribution < 1.29 is 27.4 Å². The number of nitrogens with zero attached hydrogens (tertiary/aromatic N) is 1. The van der Waals surface area contributed by atoms with Crippen LogP contribution in [0.3, 0.4) is 0 Å². The van der Waals surface area contributed by atoms with Gasteiger partial charge in [-0.3, -0.25) is 4.79 Å². The Balaban J connectivity index is 1.70. The van der Waals surface area contributed by atoms with Crippen molar-refractivity contribution in [3.63, 3.8) is 0 Å². The lowest BCUT2D eigenvalue weighted by Crippen LogP contribution is -2.45. The summed E-state index contributed by atoms with van der Waals surface area (Å²) in [6, 6.07) is 9.94. The Kier molecular flexibility index (Phi) is 8.45. The lowest BCUT2D eigenvalue weighted by Gasteiger charge is -2.31. The topological polar surface area (TPSA) is 94.2 Å². The Morgan fingerprint density at radius 3 is 2.55 bits per heavy atom. The normalized spacial score (nSPS) is 16.8. The highest BCUT2D eigenvalue weighted by atomic mass is 35.5. The van der Waals surface area contributed by atoms with Gasteiger partial charge in [0.1, 0.15) is 10.6 Å². The van der Waals surface area contributed by atoms with Crippen LogP contribution in [0.25, 0.3) is 0 Å². The molecule has 0 bridgehead atoms. The highest BCUT2D eigenvalue weighted by molar-refractivity contribution is 7.89. The van der Waals surface area contributed by atoms with Crippen LogP contribution in [-0.2, 0) is 21.4 Å². The van der Waals surface area contributed by atoms with Crippen molar-refractivity contribution >= 4 is 27.5 Å². The van der Waals surface area contributed by atoms with Gasteiger partial charge in [-0.25, -0.2) is 8.42 Å². The van der Waals surface area contributed by atoms with E-state index in [9.17, 15) is 13.2 Å². The number of piperidine rings is 1. The third kappa shape index (κ3) is 5.90. The predicted octanol–water partition coefficient (Wildman–Crippen LogP) is 3.47. The largest absolute Gasteiger partial charge is 0.493 e. The molecule has 180 valence electrons. The Bertz CT molecular complexity index is 1090. The van der Waals surface area contributed by atoms with E-state index in [1.165, 1.54) is 10.4 Å². The number of halogens is 1. The number of ether oxygens (including phenoxy) is 3. The molecule has 8 nitrogen and oxygen atoms in total. The zero-order valence-electron chi connectivity index (χ0n) is 19.0. The maximum atomic E-state index is 13.3. The quantitative estimate of drug-likeness (QED) is 0.571. The monoisotopic (exact) mass is 496 g/mol. The number of sulfonamides is 1. The molecule has 10 heteroatoms. The summed E-state index contributed by atoms with van der Waals surface area (Å²) in [4.78, 5) is 12.9. The van der Waals surface area contributed by atoms with Gasteiger partial charge >= 0.3 is 0 Å². The molecule has 1 amide bonds. The summed E-state index contributed by atoms with van der Waals surface area (Å²) in [5, 5.41) is 3.21. The first-order valence-electron chi connectivity index (χ1n) is 10.7. The summed E-state index contributed by atoms with van der Waals surface area (Å²) in [6.07, 6.45) is 1.19. The molecule has 33 heavy (non-hydrogen) atoms. The Morgan fingerprint density at radius 1 is 1.12 bits per heavy atom. The maximum absolute atomic E-state index is 13.3. The van der Waals surface area contributed by atoms with Gasteiger partial charge in [-0.15, -0.1) is 0 Å². The van der Waals surface area contributed by atoms with Crippen LogP contribution >= 0.6 is 11.6 Å². The Labute approximate surface area is 199 Å². The van der Waals surface area contributed by atoms with E-state index < -0.39 is 15.9 Å². The third-order valence-electron chi connectivity index (χ3n) is 5.49. The Morgan fingerprint density at radius 2 is 1.85 bits per heavy atom. The SMILES string of the molecule is CCOc1ccc(Cl)cc1S(=O)(=O)N1CCCC(C(=O)NCc2ccc(OC)c(OC)c2)C1. The van der Waals surface area contributed by atoms with E-state index in [-0.39, 0.29) is 23.1 Å². The average molecular weight is 497 g/mol. The standard InChI is InChI=1S/C23H29ClN2O6S/c1-4-32-20-10-8-18(24)13-22(20)33(28,29)26-11-5-6-17(15-26)23(27)25-14-16-7-9-19(30-2)21(12-16)31-3/h7-10,12-13,17H,4-6,11,14-15H2,1-3H3,(H,25,27). The van der Waals surface area contributed by atoms with E-state index >= 15 is 0 Å². The summed E-state index contributed by atoms with van der Waals surface area (Å²) in [6.45, 7) is 2.83. The van der Waals surface area contributed by atoms with Gasteiger partial charge in [0.2, 0.25) is 15.9 Å². The van der Waals surface area contributed by atoms with Gasteiger partial charge in [0.25, 0.3) is 0 Å². The van der Waals surface area contributed by atoms with Gasteiger partial charge in [0, 0.05) is 24.7 Å². The summed E-state index contributed by atoms with van der Waals surface area (Å²) in [5.74, 6) is 0.782. The smallest absolute Gasteiger partial charge is 0.246 e. The number of rotatable bonds is 9. The van der Waals surface area contributed by atoms with Gasteiger partial charge in [0.05, 0.1) is 26.7 Å². The molecule has 0 saturated carbocycles. The van der Waals surface area contributed by atoms with Crippen molar-refractivity contribution in [1.29, 1.82) is 0 Å². The van der Waals surface area contributed by atoms with Crippen molar-refractivity contribution in [2.24, 2.45) is 5.92 Å². The summed E-state index contributed by atoms with van der Waals surface area (Å²) >= 11 is 6.06. The molecule has 1 saturated heterocycles. The van der Waals surface area contributed by atoms with Crippen molar-refractivity contribution in [1.82, 2.24) is 9.62 Å². The number of amides is 1. The van der Waals surface area contributed by atoms with Crippen LogP contribution in [0.5, 0.6) is 17.2 Å². The van der Waals surface area contributed by atoms with E-state index in [1.807, 2.05) is 6.07 Å². The minimum absolute atomic E-state index is 0.0169. The highest BCUT2D eigenvalue weighted by Gasteiger charge is 2.35. The first kappa shape index (κ1) is 25.1. The molecule has 1 aliphatic heterocycles. The van der Waals surface area contributed by atoms with Crippen LogP contribution in [0.4, 0.5) is 0 Å². The lowest BCUT2D eigenvalue weighted by atomic mass is 9.98. The molecule has 1 fully saturated rings. The van der Waals surface area contributed by atoms with Crippen LogP contribution in [0.15, 0.2) is 41.3 Å². The zero-order valence-corrected chi connectivity index (χ0v) is 20.5. The molecule has 1 aliphatic rings. The van der Waals surface area contributed by atoms with Crippen molar-refractivity contribution in [2.45, 2.75) is 31.2 Å². The third-order valence-corrected chi connectivity index (χ3v) is 7.61. The molecule has 0 radical (unpaired) electrons. The highest BCUT2D eigenvalue weighted by Crippen LogP contribution is 2.32. The van der Waals surface area contributed by atoms with Crippen molar-refractivity contribution in [2.75, 3.05) is 33.9 Å². The lowest BCUT2D eigenvalue weighted by molar-refractivity contribution is -0.126. The first-order chi connectivity index (χ1) is 15.8. The summed E-state index contributed by atoms with van der Waals surface area (Å²) < 4.78 is 44.1. The molecule has 0 spiro atoms. The van der Waals surface area contributed by atoms with Crippen LogP contribution in [0.2, 0.25) is 5.02 Å². The number of nitrogens with one attached hydrogen (secondary N) is 1. The number of carbonyl (C=O) groups excluding carboxylic acids is 1. The predicted molar refractivity (Wildman–Crippen MR) is 125 cm³/mol. The number of hydrogen-bond donors (Lipinski definition) is 1. The van der Waals surface area contributed by atoms with Crippen LogP contribution in [0.1, 0.15) is 25.3 Å². The van der Waals surface area contributed by atoms with E-state index in [4.69, 9.17) is 25.8 Å². The summed E-state index contributed by atoms with van der Waals surface area (Å²) in [5.41, 5.74) is 0.849. The van der Waals surface area contributed by atoms with Crippen molar-refractivity contribution in [3.8, 4) is 17.2 Å². The molecule has 1 N–H and O–H groups in total. The van der Waals surface area contributed by atoms with E-state index in [0.717, 1.165) is 5.56 Å². The summed E-state index contributed by atoms with van der Waals surface area (Å²) in [7, 11) is -0.766. The van der Waals surface area contributed by atoms with Gasteiger partial charge in [-0.1, -0.05) is 17.7 Å². The number of carbonyl (C=O) groups is 1. The zero-order chi connectivity index (χ0) is 24.0. The fourth-order valence-corrected chi connectivity index (χ4v) is 5.71.